The molecular formula is C19H27N3O4. The summed E-state index contributed by atoms with van der Waals surface area (Å²) in [5, 5.41) is 6.83. The first-order chi connectivity index (χ1) is 12.6. The molecular weight excluding hydrogens is 334 g/mol. The van der Waals surface area contributed by atoms with Crippen molar-refractivity contribution in [1.82, 2.24) is 15.5 Å². The van der Waals surface area contributed by atoms with Gasteiger partial charge in [0, 0.05) is 32.4 Å². The Hall–Kier alpha value is -2.41. The predicted molar refractivity (Wildman–Crippen MR) is 97.0 cm³/mol. The van der Waals surface area contributed by atoms with E-state index in [4.69, 9.17) is 14.0 Å². The Morgan fingerprint density at radius 1 is 1.23 bits per heavy atom. The van der Waals surface area contributed by atoms with E-state index in [9.17, 15) is 4.79 Å². The zero-order valence-electron chi connectivity index (χ0n) is 15.7. The maximum Gasteiger partial charge on any atom is 0.226 e. The summed E-state index contributed by atoms with van der Waals surface area (Å²) < 4.78 is 15.6. The number of carbonyl (C=O) groups excluding carboxylic acids is 1. The number of hydrogen-bond acceptors (Lipinski definition) is 6. The third-order valence-corrected chi connectivity index (χ3v) is 3.76. The van der Waals surface area contributed by atoms with Crippen LogP contribution in [-0.4, -0.2) is 36.4 Å². The van der Waals surface area contributed by atoms with E-state index in [0.717, 1.165) is 11.3 Å². The van der Waals surface area contributed by atoms with E-state index in [1.165, 1.54) is 0 Å². The highest BCUT2D eigenvalue weighted by Gasteiger charge is 2.10. The molecule has 0 radical (unpaired) electrons. The maximum atomic E-state index is 11.9. The molecule has 0 aliphatic rings. The number of nitrogens with one attached hydrogen (secondary N) is 1. The Morgan fingerprint density at radius 3 is 2.65 bits per heavy atom. The molecule has 0 unspecified atom stereocenters. The number of methoxy groups -OCH3 is 1. The van der Waals surface area contributed by atoms with Gasteiger partial charge < -0.3 is 19.3 Å². The molecule has 142 valence electrons. The molecule has 1 heterocycles. The van der Waals surface area contributed by atoms with Gasteiger partial charge in [-0.05, 0) is 24.1 Å². The molecule has 0 bridgehead atoms. The molecule has 7 nitrogen and oxygen atoms in total. The highest BCUT2D eigenvalue weighted by atomic mass is 16.5. The Morgan fingerprint density at radius 2 is 2.00 bits per heavy atom. The highest BCUT2D eigenvalue weighted by Crippen LogP contribution is 2.13. The van der Waals surface area contributed by atoms with Crippen LogP contribution in [0.5, 0.6) is 5.75 Å². The van der Waals surface area contributed by atoms with Crippen molar-refractivity contribution in [3.8, 4) is 5.75 Å². The Balaban J connectivity index is 1.64. The number of hydrogen-bond donors (Lipinski definition) is 1. The zero-order valence-corrected chi connectivity index (χ0v) is 15.7. The zero-order chi connectivity index (χ0) is 18.8. The largest absolute Gasteiger partial charge is 0.491 e. The monoisotopic (exact) mass is 361 g/mol. The minimum absolute atomic E-state index is 0.00835. The van der Waals surface area contributed by atoms with Crippen molar-refractivity contribution < 1.29 is 18.8 Å². The van der Waals surface area contributed by atoms with Crippen LogP contribution >= 0.6 is 0 Å². The number of benzene rings is 1. The molecule has 1 aromatic heterocycles. The molecule has 1 N–H and O–H groups in total. The summed E-state index contributed by atoms with van der Waals surface area (Å²) in [6.07, 6.45) is 1.72. The molecule has 0 aliphatic heterocycles. The first kappa shape index (κ1) is 19.9. The van der Waals surface area contributed by atoms with E-state index >= 15 is 0 Å². The SMILES string of the molecule is COCCOc1ccc(CNC(=O)CCCc2nc(C(C)C)no2)cc1. The normalized spacial score (nSPS) is 10.9. The van der Waals surface area contributed by atoms with Crippen molar-refractivity contribution in [1.29, 1.82) is 0 Å². The first-order valence-corrected chi connectivity index (χ1v) is 8.88. The van der Waals surface area contributed by atoms with E-state index in [2.05, 4.69) is 15.5 Å². The van der Waals surface area contributed by atoms with Gasteiger partial charge in [-0.3, -0.25) is 4.79 Å². The minimum Gasteiger partial charge on any atom is -0.491 e. The summed E-state index contributed by atoms with van der Waals surface area (Å²) in [6, 6.07) is 7.65. The molecule has 26 heavy (non-hydrogen) atoms. The van der Waals surface area contributed by atoms with Crippen molar-refractivity contribution in [2.24, 2.45) is 0 Å². The van der Waals surface area contributed by atoms with Gasteiger partial charge >= 0.3 is 0 Å². The second-order valence-electron chi connectivity index (χ2n) is 6.32. The third-order valence-electron chi connectivity index (χ3n) is 3.76. The van der Waals surface area contributed by atoms with E-state index in [1.807, 2.05) is 38.1 Å². The molecule has 0 atom stereocenters. The van der Waals surface area contributed by atoms with Gasteiger partial charge in [-0.1, -0.05) is 31.1 Å². The summed E-state index contributed by atoms with van der Waals surface area (Å²) in [5.41, 5.74) is 1.02. The summed E-state index contributed by atoms with van der Waals surface area (Å²) >= 11 is 0. The van der Waals surface area contributed by atoms with E-state index in [1.54, 1.807) is 7.11 Å². The second-order valence-corrected chi connectivity index (χ2v) is 6.32. The van der Waals surface area contributed by atoms with Crippen LogP contribution in [-0.2, 0) is 22.5 Å². The van der Waals surface area contributed by atoms with E-state index in [0.29, 0.717) is 50.7 Å². The summed E-state index contributed by atoms with van der Waals surface area (Å²) in [7, 11) is 1.64. The van der Waals surface area contributed by atoms with Crippen LogP contribution in [0.25, 0.3) is 0 Å². The molecule has 0 aliphatic carbocycles. The second kappa shape index (κ2) is 10.6. The fourth-order valence-electron chi connectivity index (χ4n) is 2.24. The van der Waals surface area contributed by atoms with E-state index < -0.39 is 0 Å². The van der Waals surface area contributed by atoms with Crippen LogP contribution in [0.4, 0.5) is 0 Å². The number of ether oxygens (including phenoxy) is 2. The lowest BCUT2D eigenvalue weighted by molar-refractivity contribution is -0.121. The third kappa shape index (κ3) is 6.84. The van der Waals surface area contributed by atoms with Gasteiger partial charge in [-0.2, -0.15) is 4.98 Å². The lowest BCUT2D eigenvalue weighted by Crippen LogP contribution is -2.22. The number of amides is 1. The summed E-state index contributed by atoms with van der Waals surface area (Å²) in [6.45, 7) is 5.60. The fourth-order valence-corrected chi connectivity index (χ4v) is 2.24. The quantitative estimate of drug-likeness (QED) is 0.619. The van der Waals surface area contributed by atoms with Gasteiger partial charge in [0.2, 0.25) is 11.8 Å². The standard InChI is InChI=1S/C19H27N3O4/c1-14(2)19-21-18(26-22-19)6-4-5-17(23)20-13-15-7-9-16(10-8-15)25-12-11-24-3/h7-10,14H,4-6,11-13H2,1-3H3,(H,20,23). The molecule has 2 rings (SSSR count). The highest BCUT2D eigenvalue weighted by molar-refractivity contribution is 5.75. The minimum atomic E-state index is 0.00835. The molecule has 1 amide bonds. The summed E-state index contributed by atoms with van der Waals surface area (Å²) in [4.78, 5) is 16.3. The lowest BCUT2D eigenvalue weighted by atomic mass is 10.2. The molecule has 0 saturated heterocycles. The molecule has 0 spiro atoms. The molecule has 7 heteroatoms. The van der Waals surface area contributed by atoms with Gasteiger partial charge in [0.1, 0.15) is 12.4 Å². The fraction of sp³-hybridized carbons (Fsp3) is 0.526. The van der Waals surface area contributed by atoms with Gasteiger partial charge in [-0.15, -0.1) is 0 Å². The maximum absolute atomic E-state index is 11.9. The van der Waals surface area contributed by atoms with Crippen LogP contribution in [0.3, 0.4) is 0 Å². The lowest BCUT2D eigenvalue weighted by Gasteiger charge is -2.08. The number of aromatic nitrogens is 2. The van der Waals surface area contributed by atoms with Crippen LogP contribution in [0.15, 0.2) is 28.8 Å². The van der Waals surface area contributed by atoms with Crippen LogP contribution in [0.1, 0.15) is 49.9 Å². The predicted octanol–water partition coefficient (Wildman–Crippen LogP) is 2.86. The molecule has 0 saturated carbocycles. The number of aryl methyl sites for hydroxylation is 1. The van der Waals surface area contributed by atoms with Gasteiger partial charge in [0.05, 0.1) is 6.61 Å². The average molecular weight is 361 g/mol. The van der Waals surface area contributed by atoms with Gasteiger partial charge in [-0.25, -0.2) is 0 Å². The first-order valence-electron chi connectivity index (χ1n) is 8.88. The number of nitrogens with zero attached hydrogens (tertiary/aromatic N) is 2. The Bertz CT molecular complexity index is 668. The number of carbonyl (C=O) groups is 1. The van der Waals surface area contributed by atoms with Crippen LogP contribution in [0, 0.1) is 0 Å². The van der Waals surface area contributed by atoms with Crippen molar-refractivity contribution in [3.63, 3.8) is 0 Å². The van der Waals surface area contributed by atoms with Crippen LogP contribution in [0.2, 0.25) is 0 Å². The van der Waals surface area contributed by atoms with Gasteiger partial charge in [0.15, 0.2) is 5.82 Å². The molecule has 2 aromatic rings. The van der Waals surface area contributed by atoms with Crippen molar-refractivity contribution >= 4 is 5.91 Å². The van der Waals surface area contributed by atoms with Crippen molar-refractivity contribution in [2.75, 3.05) is 20.3 Å². The summed E-state index contributed by atoms with van der Waals surface area (Å²) in [5.74, 6) is 2.34. The Kier molecular flexibility index (Phi) is 8.08. The van der Waals surface area contributed by atoms with E-state index in [-0.39, 0.29) is 11.8 Å². The van der Waals surface area contributed by atoms with Crippen LogP contribution < -0.4 is 10.1 Å². The molecule has 1 aromatic carbocycles. The van der Waals surface area contributed by atoms with Crippen molar-refractivity contribution in [2.45, 2.75) is 45.6 Å². The number of rotatable bonds is 11. The van der Waals surface area contributed by atoms with Gasteiger partial charge in [0.25, 0.3) is 0 Å². The molecule has 0 fully saturated rings. The topological polar surface area (TPSA) is 86.5 Å². The van der Waals surface area contributed by atoms with Crippen molar-refractivity contribution in [3.05, 3.63) is 41.5 Å². The Labute approximate surface area is 154 Å². The average Bonchev–Trinajstić information content (AvgIpc) is 3.10. The smallest absolute Gasteiger partial charge is 0.226 e.